The summed E-state index contributed by atoms with van der Waals surface area (Å²) in [5.41, 5.74) is 0. The Bertz CT molecular complexity index is 762. The second kappa shape index (κ2) is 35.9. The molecule has 48 heavy (non-hydrogen) atoms. The summed E-state index contributed by atoms with van der Waals surface area (Å²) in [6.45, 7) is 5.48. The molecule has 0 saturated heterocycles. The molecule has 1 N–H and O–H groups in total. The van der Waals surface area contributed by atoms with Crippen molar-refractivity contribution >= 4 is 19.8 Å². The van der Waals surface area contributed by atoms with Crippen LogP contribution in [0.15, 0.2) is 0 Å². The van der Waals surface area contributed by atoms with E-state index < -0.39 is 19.9 Å². The molecule has 2 atom stereocenters. The number of hydrogen-bond acceptors (Lipinski definition) is 7. The van der Waals surface area contributed by atoms with Crippen molar-refractivity contribution in [3.8, 4) is 0 Å². The van der Waals surface area contributed by atoms with Crippen LogP contribution in [0.2, 0.25) is 0 Å². The third kappa shape index (κ3) is 34.9. The minimum absolute atomic E-state index is 0.00532. The summed E-state index contributed by atoms with van der Waals surface area (Å²) < 4.78 is 32.5. The molecule has 0 bridgehead atoms. The quantitative estimate of drug-likeness (QED) is 0.0384. The standard InChI is InChI=1S/C39H77O8P/c1-4-7-9-11-13-15-16-17-18-19-20-21-22-23-24-26-28-30-32-34-39(41)47-37(36-46-48(42,43)45-6-3)35-44-38(40)33-31-29-27-25-14-12-10-8-5-2/h37H,4-36H2,1-3H3,(H,42,43). The maximum atomic E-state index is 12.5. The Morgan fingerprint density at radius 3 is 1.17 bits per heavy atom. The molecule has 0 aromatic heterocycles. The monoisotopic (exact) mass is 705 g/mol. The lowest BCUT2D eigenvalue weighted by molar-refractivity contribution is -0.161. The van der Waals surface area contributed by atoms with E-state index in [9.17, 15) is 19.0 Å². The van der Waals surface area contributed by atoms with E-state index in [1.807, 2.05) is 0 Å². The van der Waals surface area contributed by atoms with Gasteiger partial charge in [-0.15, -0.1) is 0 Å². The maximum Gasteiger partial charge on any atom is 0.472 e. The molecule has 0 heterocycles. The Hall–Kier alpha value is -0.950. The van der Waals surface area contributed by atoms with Gasteiger partial charge >= 0.3 is 19.8 Å². The Balaban J connectivity index is 4.00. The predicted molar refractivity (Wildman–Crippen MR) is 198 cm³/mol. The average Bonchev–Trinajstić information content (AvgIpc) is 3.06. The van der Waals surface area contributed by atoms with E-state index in [1.165, 1.54) is 141 Å². The van der Waals surface area contributed by atoms with Gasteiger partial charge in [-0.05, 0) is 19.8 Å². The van der Waals surface area contributed by atoms with Gasteiger partial charge in [0.05, 0.1) is 13.2 Å². The number of phosphoric ester groups is 1. The largest absolute Gasteiger partial charge is 0.472 e. The summed E-state index contributed by atoms with van der Waals surface area (Å²) in [5, 5.41) is 0. The second-order valence-corrected chi connectivity index (χ2v) is 15.1. The first-order chi connectivity index (χ1) is 23.3. The van der Waals surface area contributed by atoms with E-state index in [-0.39, 0.29) is 32.2 Å². The molecular formula is C39H77O8P. The van der Waals surface area contributed by atoms with Gasteiger partial charge in [-0.1, -0.05) is 181 Å². The zero-order chi connectivity index (χ0) is 35.4. The van der Waals surface area contributed by atoms with Crippen molar-refractivity contribution < 1.29 is 37.6 Å². The number of phosphoric acid groups is 1. The fourth-order valence-corrected chi connectivity index (χ4v) is 6.68. The van der Waals surface area contributed by atoms with Crippen LogP contribution < -0.4 is 0 Å². The van der Waals surface area contributed by atoms with Gasteiger partial charge < -0.3 is 14.4 Å². The summed E-state index contributed by atoms with van der Waals surface area (Å²) in [6.07, 6.45) is 34.5. The second-order valence-electron chi connectivity index (χ2n) is 13.7. The summed E-state index contributed by atoms with van der Waals surface area (Å²) in [4.78, 5) is 34.5. The van der Waals surface area contributed by atoms with Gasteiger partial charge in [0, 0.05) is 12.8 Å². The highest BCUT2D eigenvalue weighted by Gasteiger charge is 2.25. The highest BCUT2D eigenvalue weighted by atomic mass is 31.2. The van der Waals surface area contributed by atoms with Gasteiger partial charge in [0.2, 0.25) is 0 Å². The summed E-state index contributed by atoms with van der Waals surface area (Å²) in [6, 6.07) is 0. The Kier molecular flexibility index (Phi) is 35.2. The molecule has 0 aliphatic heterocycles. The molecule has 286 valence electrons. The van der Waals surface area contributed by atoms with E-state index >= 15 is 0 Å². The van der Waals surface area contributed by atoms with Crippen LogP contribution in [0, 0.1) is 0 Å². The molecule has 0 aliphatic carbocycles. The molecule has 0 amide bonds. The molecule has 0 saturated carbocycles. The van der Waals surface area contributed by atoms with Gasteiger partial charge in [-0.25, -0.2) is 4.57 Å². The Morgan fingerprint density at radius 2 is 0.812 bits per heavy atom. The fraction of sp³-hybridized carbons (Fsp3) is 0.949. The number of rotatable bonds is 38. The van der Waals surface area contributed by atoms with Crippen molar-refractivity contribution in [3.63, 3.8) is 0 Å². The van der Waals surface area contributed by atoms with E-state index in [4.69, 9.17) is 18.5 Å². The molecule has 8 nitrogen and oxygen atoms in total. The van der Waals surface area contributed by atoms with Gasteiger partial charge in [-0.3, -0.25) is 18.6 Å². The first kappa shape index (κ1) is 47.0. The molecule has 0 radical (unpaired) electrons. The number of hydrogen-bond donors (Lipinski definition) is 1. The Morgan fingerprint density at radius 1 is 0.479 bits per heavy atom. The lowest BCUT2D eigenvalue weighted by Gasteiger charge is -2.19. The minimum Gasteiger partial charge on any atom is -0.462 e. The molecule has 0 rings (SSSR count). The van der Waals surface area contributed by atoms with Crippen LogP contribution in [-0.4, -0.2) is 42.8 Å². The molecule has 2 unspecified atom stereocenters. The fourth-order valence-electron chi connectivity index (χ4n) is 5.92. The number of ether oxygens (including phenoxy) is 2. The van der Waals surface area contributed by atoms with Crippen LogP contribution in [0.25, 0.3) is 0 Å². The molecular weight excluding hydrogens is 627 g/mol. The normalized spacial score (nSPS) is 13.3. The average molecular weight is 705 g/mol. The molecule has 9 heteroatoms. The van der Waals surface area contributed by atoms with Crippen LogP contribution in [0.1, 0.15) is 213 Å². The van der Waals surface area contributed by atoms with Crippen molar-refractivity contribution in [2.75, 3.05) is 19.8 Å². The number of carbonyl (C=O) groups excluding carboxylic acids is 2. The lowest BCUT2D eigenvalue weighted by Crippen LogP contribution is -2.29. The van der Waals surface area contributed by atoms with Crippen molar-refractivity contribution in [1.82, 2.24) is 0 Å². The molecule has 0 aromatic carbocycles. The number of carbonyl (C=O) groups is 2. The Labute approximate surface area is 296 Å². The number of unbranched alkanes of at least 4 members (excludes halogenated alkanes) is 26. The highest BCUT2D eigenvalue weighted by molar-refractivity contribution is 7.47. The van der Waals surface area contributed by atoms with Crippen molar-refractivity contribution in [2.24, 2.45) is 0 Å². The predicted octanol–water partition coefficient (Wildman–Crippen LogP) is 12.3. The summed E-state index contributed by atoms with van der Waals surface area (Å²) in [7, 11) is -4.26. The third-order valence-electron chi connectivity index (χ3n) is 8.91. The van der Waals surface area contributed by atoms with Crippen molar-refractivity contribution in [2.45, 2.75) is 219 Å². The molecule has 0 aromatic rings. The SMILES string of the molecule is CCCCCCCCCCCCCCCCCCCCCC(=O)OC(COC(=O)CCCCCCCCCCC)COP(=O)(O)OCC. The minimum atomic E-state index is -4.26. The maximum absolute atomic E-state index is 12.5. The van der Waals surface area contributed by atoms with Crippen molar-refractivity contribution in [3.05, 3.63) is 0 Å². The molecule has 0 aliphatic rings. The molecule has 0 fully saturated rings. The first-order valence-electron chi connectivity index (χ1n) is 20.3. The van der Waals surface area contributed by atoms with Crippen LogP contribution in [0.3, 0.4) is 0 Å². The van der Waals surface area contributed by atoms with Crippen LogP contribution >= 0.6 is 7.82 Å². The zero-order valence-electron chi connectivity index (χ0n) is 31.7. The van der Waals surface area contributed by atoms with Gasteiger partial charge in [0.15, 0.2) is 6.10 Å². The summed E-state index contributed by atoms with van der Waals surface area (Å²) >= 11 is 0. The first-order valence-corrected chi connectivity index (χ1v) is 21.8. The van der Waals surface area contributed by atoms with Crippen LogP contribution in [0.4, 0.5) is 0 Å². The molecule has 0 spiro atoms. The highest BCUT2D eigenvalue weighted by Crippen LogP contribution is 2.43. The van der Waals surface area contributed by atoms with Gasteiger partial charge in [0.25, 0.3) is 0 Å². The topological polar surface area (TPSA) is 108 Å². The van der Waals surface area contributed by atoms with E-state index in [0.29, 0.717) is 6.42 Å². The van der Waals surface area contributed by atoms with Gasteiger partial charge in [0.1, 0.15) is 6.61 Å². The van der Waals surface area contributed by atoms with E-state index in [1.54, 1.807) is 6.92 Å². The zero-order valence-corrected chi connectivity index (χ0v) is 32.6. The lowest BCUT2D eigenvalue weighted by atomic mass is 10.0. The van der Waals surface area contributed by atoms with Crippen LogP contribution in [-0.2, 0) is 32.7 Å². The van der Waals surface area contributed by atoms with Crippen LogP contribution in [0.5, 0.6) is 0 Å². The smallest absolute Gasteiger partial charge is 0.462 e. The third-order valence-corrected chi connectivity index (χ3v) is 9.97. The summed E-state index contributed by atoms with van der Waals surface area (Å²) in [5.74, 6) is -0.787. The van der Waals surface area contributed by atoms with E-state index in [0.717, 1.165) is 38.5 Å². The van der Waals surface area contributed by atoms with E-state index in [2.05, 4.69) is 13.8 Å². The van der Waals surface area contributed by atoms with Crippen molar-refractivity contribution in [1.29, 1.82) is 0 Å². The number of esters is 2. The van der Waals surface area contributed by atoms with Gasteiger partial charge in [-0.2, -0.15) is 0 Å².